The molecule has 0 fully saturated rings. The van der Waals surface area contributed by atoms with Gasteiger partial charge in [0.25, 0.3) is 0 Å². The summed E-state index contributed by atoms with van der Waals surface area (Å²) in [6, 6.07) is 31.9. The predicted molar refractivity (Wildman–Crippen MR) is 140 cm³/mol. The van der Waals surface area contributed by atoms with Gasteiger partial charge in [-0.15, -0.1) is 0 Å². The van der Waals surface area contributed by atoms with E-state index in [1.54, 1.807) is 13.8 Å². The predicted octanol–water partition coefficient (Wildman–Crippen LogP) is 6.81. The minimum absolute atomic E-state index is 0.106. The fraction of sp³-hybridized carbons (Fsp3) is 0.129. The lowest BCUT2D eigenvalue weighted by Gasteiger charge is -2.19. The van der Waals surface area contributed by atoms with Gasteiger partial charge in [0.15, 0.2) is 38.5 Å². The number of rotatable bonds is 7. The first kappa shape index (κ1) is 26.0. The van der Waals surface area contributed by atoms with E-state index in [1.807, 2.05) is 60.7 Å². The van der Waals surface area contributed by atoms with E-state index in [1.165, 1.54) is 21.9 Å². The Morgan fingerprint density at radius 2 is 1.35 bits per heavy atom. The average Bonchev–Trinajstić information content (AvgIpc) is 2.90. The maximum absolute atomic E-state index is 13.8. The van der Waals surface area contributed by atoms with E-state index in [0.29, 0.717) is 5.75 Å². The topological polar surface area (TPSA) is 35.5 Å². The van der Waals surface area contributed by atoms with Crippen LogP contribution < -0.4 is 4.74 Å². The maximum atomic E-state index is 13.8. The molecule has 186 valence electrons. The first-order valence-corrected chi connectivity index (χ1v) is 12.8. The van der Waals surface area contributed by atoms with E-state index in [9.17, 15) is 13.6 Å². The van der Waals surface area contributed by atoms with E-state index in [4.69, 9.17) is 9.47 Å². The molecule has 0 aliphatic rings. The van der Waals surface area contributed by atoms with Crippen molar-refractivity contribution in [2.24, 2.45) is 0 Å². The van der Waals surface area contributed by atoms with Crippen molar-refractivity contribution in [3.05, 3.63) is 120 Å². The molecule has 4 rings (SSSR count). The molecule has 6 heteroatoms. The number of hydrogen-bond donors (Lipinski definition) is 0. The standard InChI is InChI=1S/C31H25F2O3S/c1-31(2,21-20-23-10-9-15-28(32)30(23)33)36-29(34)22-35-24-16-18-27(19-17-24)37(25-11-5-3-6-12-25)26-13-7-4-8-14-26/h3-19H,22H2,1-2H3/q+1. The number of ether oxygens (including phenoxy) is 2. The Labute approximate surface area is 218 Å². The van der Waals surface area contributed by atoms with Gasteiger partial charge < -0.3 is 9.47 Å². The molecule has 4 aromatic carbocycles. The van der Waals surface area contributed by atoms with Crippen molar-refractivity contribution in [1.82, 2.24) is 0 Å². The van der Waals surface area contributed by atoms with Crippen LogP contribution in [0.5, 0.6) is 5.75 Å². The molecule has 0 atom stereocenters. The van der Waals surface area contributed by atoms with Gasteiger partial charge in [-0.2, -0.15) is 0 Å². The summed E-state index contributed by atoms with van der Waals surface area (Å²) in [5.74, 6) is 3.08. The third kappa shape index (κ3) is 6.99. The summed E-state index contributed by atoms with van der Waals surface area (Å²) in [4.78, 5) is 15.9. The van der Waals surface area contributed by atoms with Crippen molar-refractivity contribution in [3.63, 3.8) is 0 Å². The van der Waals surface area contributed by atoms with Gasteiger partial charge in [0.1, 0.15) is 5.75 Å². The summed E-state index contributed by atoms with van der Waals surface area (Å²) < 4.78 is 38.2. The van der Waals surface area contributed by atoms with Crippen LogP contribution in [0.3, 0.4) is 0 Å². The molecular formula is C31H25F2O3S+. The van der Waals surface area contributed by atoms with Crippen LogP contribution >= 0.6 is 0 Å². The molecule has 3 nitrogen and oxygen atoms in total. The highest BCUT2D eigenvalue weighted by molar-refractivity contribution is 7.97. The lowest BCUT2D eigenvalue weighted by Crippen LogP contribution is -2.29. The van der Waals surface area contributed by atoms with Crippen LogP contribution in [0.1, 0.15) is 19.4 Å². The lowest BCUT2D eigenvalue weighted by atomic mass is 10.1. The van der Waals surface area contributed by atoms with Crippen LogP contribution in [0.2, 0.25) is 0 Å². The number of benzene rings is 4. The number of halogens is 2. The molecule has 0 saturated heterocycles. The molecule has 0 unspecified atom stereocenters. The highest BCUT2D eigenvalue weighted by Crippen LogP contribution is 2.31. The van der Waals surface area contributed by atoms with Gasteiger partial charge >= 0.3 is 5.97 Å². The van der Waals surface area contributed by atoms with Crippen LogP contribution in [0.15, 0.2) is 118 Å². The largest absolute Gasteiger partial charge is 0.482 e. The summed E-state index contributed by atoms with van der Waals surface area (Å²) in [7, 11) is -0.283. The van der Waals surface area contributed by atoms with Crippen molar-refractivity contribution in [1.29, 1.82) is 0 Å². The Hall–Kier alpha value is -4.08. The molecular weight excluding hydrogens is 490 g/mol. The number of carbonyl (C=O) groups excluding carboxylic acids is 1. The van der Waals surface area contributed by atoms with Crippen molar-refractivity contribution >= 4 is 16.9 Å². The molecule has 0 aliphatic heterocycles. The molecule has 0 radical (unpaired) electrons. The molecule has 37 heavy (non-hydrogen) atoms. The third-order valence-corrected chi connectivity index (χ3v) is 7.42. The molecule has 0 amide bonds. The van der Waals surface area contributed by atoms with E-state index < -0.39 is 23.2 Å². The highest BCUT2D eigenvalue weighted by Gasteiger charge is 2.28. The van der Waals surface area contributed by atoms with Crippen LogP contribution in [-0.4, -0.2) is 18.2 Å². The molecule has 0 spiro atoms. The quantitative estimate of drug-likeness (QED) is 0.154. The van der Waals surface area contributed by atoms with Gasteiger partial charge in [-0.25, -0.2) is 13.6 Å². The van der Waals surface area contributed by atoms with Gasteiger partial charge in [0.2, 0.25) is 0 Å². The minimum atomic E-state index is -1.22. The Morgan fingerprint density at radius 3 is 1.95 bits per heavy atom. The number of esters is 1. The van der Waals surface area contributed by atoms with E-state index in [0.717, 1.165) is 11.0 Å². The summed E-state index contributed by atoms with van der Waals surface area (Å²) >= 11 is 0. The molecule has 0 N–H and O–H groups in total. The summed E-state index contributed by atoms with van der Waals surface area (Å²) in [6.45, 7) is 2.82. The molecule has 0 bridgehead atoms. The highest BCUT2D eigenvalue weighted by atomic mass is 32.2. The van der Waals surface area contributed by atoms with Crippen molar-refractivity contribution < 1.29 is 23.0 Å². The normalized spacial score (nSPS) is 10.9. The summed E-state index contributed by atoms with van der Waals surface area (Å²) in [6.07, 6.45) is 0. The fourth-order valence-corrected chi connectivity index (χ4v) is 5.58. The third-order valence-electron chi connectivity index (χ3n) is 5.19. The summed E-state index contributed by atoms with van der Waals surface area (Å²) in [5.41, 5.74) is -1.33. The van der Waals surface area contributed by atoms with Gasteiger partial charge in [-0.05, 0) is 74.5 Å². The zero-order valence-electron chi connectivity index (χ0n) is 20.4. The monoisotopic (exact) mass is 515 g/mol. The van der Waals surface area contributed by atoms with Crippen LogP contribution in [-0.2, 0) is 20.4 Å². The van der Waals surface area contributed by atoms with Crippen molar-refractivity contribution in [2.75, 3.05) is 6.61 Å². The number of hydrogen-bond acceptors (Lipinski definition) is 3. The van der Waals surface area contributed by atoms with E-state index >= 15 is 0 Å². The van der Waals surface area contributed by atoms with E-state index in [2.05, 4.69) is 36.1 Å². The fourth-order valence-electron chi connectivity index (χ4n) is 3.49. The van der Waals surface area contributed by atoms with Crippen LogP contribution in [0.4, 0.5) is 8.78 Å². The average molecular weight is 516 g/mol. The molecule has 0 heterocycles. The smallest absolute Gasteiger partial charge is 0.345 e. The van der Waals surface area contributed by atoms with Gasteiger partial charge in [-0.1, -0.05) is 54.3 Å². The van der Waals surface area contributed by atoms with E-state index in [-0.39, 0.29) is 23.1 Å². The van der Waals surface area contributed by atoms with Crippen molar-refractivity contribution in [3.8, 4) is 17.6 Å². The molecule has 4 aromatic rings. The molecule has 0 saturated carbocycles. The molecule has 0 aromatic heterocycles. The van der Waals surface area contributed by atoms with Crippen molar-refractivity contribution in [2.45, 2.75) is 34.1 Å². The zero-order valence-corrected chi connectivity index (χ0v) is 21.2. The first-order chi connectivity index (χ1) is 17.8. The number of carbonyl (C=O) groups is 1. The zero-order chi connectivity index (χ0) is 26.3. The van der Waals surface area contributed by atoms with Crippen LogP contribution in [0.25, 0.3) is 0 Å². The Morgan fingerprint density at radius 1 is 0.784 bits per heavy atom. The second-order valence-corrected chi connectivity index (χ2v) is 10.6. The first-order valence-electron chi connectivity index (χ1n) is 11.6. The summed E-state index contributed by atoms with van der Waals surface area (Å²) in [5, 5.41) is 0. The SMILES string of the molecule is CC(C)(C#Cc1cccc(F)c1F)OC(=O)COc1ccc([S+](c2ccccc2)c2ccccc2)cc1. The Balaban J connectivity index is 1.40. The second kappa shape index (κ2) is 11.8. The van der Waals surface area contributed by atoms with Gasteiger partial charge in [0, 0.05) is 0 Å². The minimum Gasteiger partial charge on any atom is -0.482 e. The Bertz CT molecular complexity index is 1370. The Kier molecular flexibility index (Phi) is 8.27. The maximum Gasteiger partial charge on any atom is 0.345 e. The van der Waals surface area contributed by atoms with Crippen LogP contribution in [0, 0.1) is 23.5 Å². The van der Waals surface area contributed by atoms with Gasteiger partial charge in [-0.3, -0.25) is 0 Å². The second-order valence-electron chi connectivity index (χ2n) is 8.53. The molecule has 0 aliphatic carbocycles. The lowest BCUT2D eigenvalue weighted by molar-refractivity contribution is -0.154. The van der Waals surface area contributed by atoms with Gasteiger partial charge in [0.05, 0.1) is 16.5 Å².